The van der Waals surface area contributed by atoms with Crippen LogP contribution in [0.5, 0.6) is 0 Å². The van der Waals surface area contributed by atoms with E-state index in [2.05, 4.69) is 0 Å². The first-order chi connectivity index (χ1) is 20.5. The summed E-state index contributed by atoms with van der Waals surface area (Å²) < 4.78 is 29.6. The Balaban J connectivity index is 1.46. The maximum Gasteiger partial charge on any atom is 0.328 e. The van der Waals surface area contributed by atoms with Crippen LogP contribution >= 0.6 is 11.8 Å². The lowest BCUT2D eigenvalue weighted by molar-refractivity contribution is -0.137. The largest absolute Gasteiger partial charge is 0.480 e. The molecule has 0 bridgehead atoms. The predicted octanol–water partition coefficient (Wildman–Crippen LogP) is 7.71. The number of anilines is 1. The van der Waals surface area contributed by atoms with Crippen molar-refractivity contribution in [3.63, 3.8) is 0 Å². The number of carboxylic acid groups (broad SMARTS) is 1. The quantitative estimate of drug-likeness (QED) is 0.125. The van der Waals surface area contributed by atoms with Crippen molar-refractivity contribution in [3.05, 3.63) is 150 Å². The van der Waals surface area contributed by atoms with Crippen LogP contribution in [-0.2, 0) is 20.8 Å². The Kier molecular flexibility index (Phi) is 7.84. The van der Waals surface area contributed by atoms with Crippen molar-refractivity contribution in [2.45, 2.75) is 10.8 Å². The fourth-order valence-corrected chi connectivity index (χ4v) is 7.82. The van der Waals surface area contributed by atoms with Crippen LogP contribution in [0.3, 0.4) is 0 Å². The van der Waals surface area contributed by atoms with Crippen LogP contribution in [-0.4, -0.2) is 31.6 Å². The molecule has 0 fully saturated rings. The Morgan fingerprint density at radius 2 is 1.24 bits per heavy atom. The molecular weight excluding hydrogens is 567 g/mol. The molecule has 2 N–H and O–H groups in total. The van der Waals surface area contributed by atoms with Crippen LogP contribution in [0.4, 0.5) is 5.69 Å². The summed E-state index contributed by atoms with van der Waals surface area (Å²) in [4.78, 5) is 12.9. The average Bonchev–Trinajstić information content (AvgIpc) is 3.40. The van der Waals surface area contributed by atoms with Gasteiger partial charge in [0, 0.05) is 16.5 Å². The van der Waals surface area contributed by atoms with Gasteiger partial charge in [-0.1, -0.05) is 109 Å². The number of rotatable bonds is 10. The van der Waals surface area contributed by atoms with Crippen LogP contribution in [0.25, 0.3) is 21.9 Å². The number of nitrogens with zero attached hydrogens (tertiary/aromatic N) is 1. The monoisotopic (exact) mass is 593 g/mol. The minimum absolute atomic E-state index is 0.00445. The highest BCUT2D eigenvalue weighted by atomic mass is 32.2. The average molecular weight is 594 g/mol. The summed E-state index contributed by atoms with van der Waals surface area (Å²) in [6.45, 7) is 0. The van der Waals surface area contributed by atoms with Crippen molar-refractivity contribution >= 4 is 56.6 Å². The molecule has 6 aromatic rings. The van der Waals surface area contributed by atoms with Crippen LogP contribution in [0.2, 0.25) is 0 Å². The molecule has 2 atom stereocenters. The van der Waals surface area contributed by atoms with E-state index in [0.29, 0.717) is 16.9 Å². The van der Waals surface area contributed by atoms with Gasteiger partial charge in [-0.3, -0.25) is 8.86 Å². The Hall–Kier alpha value is -4.37. The third kappa shape index (κ3) is 5.09. The fraction of sp³-hybridized carbons (Fsp3) is 0.0882. The van der Waals surface area contributed by atoms with Crippen LogP contribution in [0, 0.1) is 0 Å². The Bertz CT molecular complexity index is 1760. The second-order valence-electron chi connectivity index (χ2n) is 9.78. The molecule has 210 valence electrons. The van der Waals surface area contributed by atoms with Gasteiger partial charge in [0.2, 0.25) is 0 Å². The summed E-state index contributed by atoms with van der Waals surface area (Å²) >= 11 is -1.20. The second kappa shape index (κ2) is 11.9. The van der Waals surface area contributed by atoms with Crippen molar-refractivity contribution < 1.29 is 23.1 Å². The highest BCUT2D eigenvalue weighted by molar-refractivity contribution is 8.00. The van der Waals surface area contributed by atoms with Gasteiger partial charge in [0.1, 0.15) is 11.2 Å². The van der Waals surface area contributed by atoms with E-state index in [-0.39, 0.29) is 5.75 Å². The smallest absolute Gasteiger partial charge is 0.328 e. The van der Waals surface area contributed by atoms with Gasteiger partial charge in [0.05, 0.1) is 10.4 Å². The molecule has 0 radical (unpaired) electrons. The summed E-state index contributed by atoms with van der Waals surface area (Å²) in [7, 11) is 0. The molecule has 5 aromatic carbocycles. The first kappa shape index (κ1) is 27.8. The zero-order valence-electron chi connectivity index (χ0n) is 22.4. The lowest BCUT2D eigenvalue weighted by Crippen LogP contribution is -2.45. The Labute approximate surface area is 250 Å². The molecular formula is C34H27NO5S2. The van der Waals surface area contributed by atoms with Gasteiger partial charge < -0.3 is 9.52 Å². The lowest BCUT2D eigenvalue weighted by Gasteiger charge is -2.37. The van der Waals surface area contributed by atoms with Gasteiger partial charge in [0.15, 0.2) is 6.04 Å². The van der Waals surface area contributed by atoms with Crippen LogP contribution < -0.4 is 4.31 Å². The van der Waals surface area contributed by atoms with Crippen molar-refractivity contribution in [1.29, 1.82) is 0 Å². The van der Waals surface area contributed by atoms with Gasteiger partial charge in [-0.05, 0) is 41.0 Å². The second-order valence-corrected chi connectivity index (χ2v) is 11.9. The topological polar surface area (TPSA) is 91.0 Å². The summed E-state index contributed by atoms with van der Waals surface area (Å²) in [6.07, 6.45) is 0. The number of aliphatic carboxylic acids is 1. The standard InChI is InChI=1S/C34H27NO5S2/c36-33(37)30(35(42(38)39)27-20-21-32-29(22-27)28-18-10-11-19-31(28)40-32)23-41-34(24-12-4-1-5-13-24,25-14-6-2-7-15-25)26-16-8-3-9-17-26/h1-22,30H,23H2,(H,36,37)(H,38,39). The molecule has 2 unspecified atom stereocenters. The van der Waals surface area contributed by atoms with Crippen LogP contribution in [0.15, 0.2) is 138 Å². The molecule has 1 heterocycles. The first-order valence-corrected chi connectivity index (χ1v) is 15.4. The molecule has 0 aliphatic carbocycles. The van der Waals surface area contributed by atoms with E-state index in [1.165, 1.54) is 11.8 Å². The van der Waals surface area contributed by atoms with Crippen molar-refractivity contribution in [2.24, 2.45) is 0 Å². The van der Waals surface area contributed by atoms with E-state index in [1.807, 2.05) is 115 Å². The molecule has 0 spiro atoms. The number of carboxylic acids is 1. The van der Waals surface area contributed by atoms with Gasteiger partial charge in [-0.25, -0.2) is 9.00 Å². The van der Waals surface area contributed by atoms with Crippen molar-refractivity contribution in [1.82, 2.24) is 0 Å². The van der Waals surface area contributed by atoms with Gasteiger partial charge in [0.25, 0.3) is 11.3 Å². The van der Waals surface area contributed by atoms with E-state index < -0.39 is 28.0 Å². The normalized spacial score (nSPS) is 13.2. The summed E-state index contributed by atoms with van der Waals surface area (Å²) in [5, 5.41) is 12.1. The first-order valence-electron chi connectivity index (χ1n) is 13.3. The number of benzene rings is 5. The Morgan fingerprint density at radius 1 is 0.738 bits per heavy atom. The molecule has 0 saturated carbocycles. The molecule has 6 rings (SSSR count). The van der Waals surface area contributed by atoms with E-state index in [9.17, 15) is 18.7 Å². The number of hydrogen-bond acceptors (Lipinski definition) is 4. The number of furan rings is 1. The molecule has 6 nitrogen and oxygen atoms in total. The molecule has 0 amide bonds. The zero-order valence-corrected chi connectivity index (χ0v) is 24.0. The SMILES string of the molecule is O=C(O)C(CSC(c1ccccc1)(c1ccccc1)c1ccccc1)N(c1ccc2oc3ccccc3c2c1)S(=O)O. The highest BCUT2D eigenvalue weighted by Gasteiger charge is 2.40. The minimum Gasteiger partial charge on any atom is -0.480 e. The predicted molar refractivity (Wildman–Crippen MR) is 170 cm³/mol. The Morgan fingerprint density at radius 3 is 1.76 bits per heavy atom. The lowest BCUT2D eigenvalue weighted by atomic mass is 9.84. The number of para-hydroxylation sites is 1. The van der Waals surface area contributed by atoms with Gasteiger partial charge in [-0.2, -0.15) is 0 Å². The molecule has 0 aliphatic heterocycles. The number of fused-ring (bicyclic) bond motifs is 3. The molecule has 8 heteroatoms. The zero-order chi connectivity index (χ0) is 29.1. The van der Waals surface area contributed by atoms with Gasteiger partial charge >= 0.3 is 5.97 Å². The van der Waals surface area contributed by atoms with Crippen molar-refractivity contribution in [2.75, 3.05) is 10.1 Å². The number of carbonyl (C=O) groups is 1. The van der Waals surface area contributed by atoms with Crippen molar-refractivity contribution in [3.8, 4) is 0 Å². The van der Waals surface area contributed by atoms with E-state index >= 15 is 0 Å². The molecule has 0 saturated heterocycles. The third-order valence-corrected chi connectivity index (χ3v) is 9.77. The number of hydrogen-bond donors (Lipinski definition) is 2. The maximum atomic E-state index is 12.9. The van der Waals surface area contributed by atoms with E-state index in [0.717, 1.165) is 31.8 Å². The summed E-state index contributed by atoms with van der Waals surface area (Å²) in [5.74, 6) is -1.20. The summed E-state index contributed by atoms with van der Waals surface area (Å²) in [6, 6.07) is 41.0. The third-order valence-electron chi connectivity index (χ3n) is 7.35. The number of thioether (sulfide) groups is 1. The summed E-state index contributed by atoms with van der Waals surface area (Å²) in [5.41, 5.74) is 4.53. The molecule has 0 aliphatic rings. The van der Waals surface area contributed by atoms with E-state index in [4.69, 9.17) is 4.42 Å². The highest BCUT2D eigenvalue weighted by Crippen LogP contribution is 2.49. The van der Waals surface area contributed by atoms with E-state index in [1.54, 1.807) is 18.2 Å². The molecule has 1 aromatic heterocycles. The van der Waals surface area contributed by atoms with Crippen LogP contribution in [0.1, 0.15) is 16.7 Å². The minimum atomic E-state index is -2.62. The van der Waals surface area contributed by atoms with Gasteiger partial charge in [-0.15, -0.1) is 11.8 Å². The molecule has 42 heavy (non-hydrogen) atoms. The maximum absolute atomic E-state index is 12.9. The fourth-order valence-electron chi connectivity index (χ4n) is 5.44.